The first-order chi connectivity index (χ1) is 13.9. The highest BCUT2D eigenvalue weighted by atomic mass is 32.2. The van der Waals surface area contributed by atoms with Gasteiger partial charge in [-0.15, -0.1) is 0 Å². The molecule has 2 amide bonds. The van der Waals surface area contributed by atoms with Crippen LogP contribution < -0.4 is 10.6 Å². The Kier molecular flexibility index (Phi) is 6.76. The van der Waals surface area contributed by atoms with Gasteiger partial charge in [0, 0.05) is 11.5 Å². The summed E-state index contributed by atoms with van der Waals surface area (Å²) in [4.78, 5) is 37.6. The van der Waals surface area contributed by atoms with Crippen molar-refractivity contribution in [1.29, 1.82) is 0 Å². The Morgan fingerprint density at radius 1 is 1.28 bits per heavy atom. The smallest absolute Gasteiger partial charge is 0.255 e. The molecule has 1 fully saturated rings. The second-order valence-electron chi connectivity index (χ2n) is 7.11. The van der Waals surface area contributed by atoms with Gasteiger partial charge in [-0.25, -0.2) is 0 Å². The van der Waals surface area contributed by atoms with E-state index in [0.29, 0.717) is 17.1 Å². The molecular weight excluding hydrogens is 392 g/mol. The number of ketones is 1. The highest BCUT2D eigenvalue weighted by Gasteiger charge is 2.47. The molecule has 0 aliphatic carbocycles. The van der Waals surface area contributed by atoms with Gasteiger partial charge >= 0.3 is 0 Å². The van der Waals surface area contributed by atoms with Gasteiger partial charge in [0.2, 0.25) is 5.91 Å². The fraction of sp³-hybridized carbons (Fsp3) is 0.381. The summed E-state index contributed by atoms with van der Waals surface area (Å²) in [6, 6.07) is 10.6. The van der Waals surface area contributed by atoms with Crippen LogP contribution in [0.15, 0.2) is 53.3 Å². The lowest BCUT2D eigenvalue weighted by molar-refractivity contribution is -0.130. The molecule has 29 heavy (non-hydrogen) atoms. The predicted molar refractivity (Wildman–Crippen MR) is 110 cm³/mol. The first-order valence-electron chi connectivity index (χ1n) is 9.32. The standard InChI is InChI=1S/C21H24N2O5S/c1-14-21(2,18(24)11-28-14)23-20(26)17(22-19(25)16-8-9-27-10-16)13-29-12-15-6-4-3-5-7-15/h3-10,14,17H,11-13H2,1-2H3,(H,22,25)(H,23,26)/t14-,17-,21-/m1/s1. The van der Waals surface area contributed by atoms with Crippen molar-refractivity contribution in [3.05, 3.63) is 60.1 Å². The van der Waals surface area contributed by atoms with Crippen LogP contribution in [0.3, 0.4) is 0 Å². The molecule has 7 nitrogen and oxygen atoms in total. The Bertz CT molecular complexity index is 855. The summed E-state index contributed by atoms with van der Waals surface area (Å²) >= 11 is 1.53. The second kappa shape index (κ2) is 9.28. The van der Waals surface area contributed by atoms with Crippen molar-refractivity contribution in [2.24, 2.45) is 0 Å². The Hall–Kier alpha value is -2.58. The molecule has 3 rings (SSSR count). The van der Waals surface area contributed by atoms with Gasteiger partial charge in [-0.05, 0) is 25.5 Å². The fourth-order valence-corrected chi connectivity index (χ4v) is 3.96. The van der Waals surface area contributed by atoms with Crippen LogP contribution in [0, 0.1) is 0 Å². The number of hydrogen-bond donors (Lipinski definition) is 2. The van der Waals surface area contributed by atoms with Crippen molar-refractivity contribution in [3.63, 3.8) is 0 Å². The molecule has 0 spiro atoms. The summed E-state index contributed by atoms with van der Waals surface area (Å²) < 4.78 is 10.3. The molecule has 0 unspecified atom stereocenters. The minimum Gasteiger partial charge on any atom is -0.472 e. The van der Waals surface area contributed by atoms with Crippen LogP contribution in [0.4, 0.5) is 0 Å². The number of Topliss-reactive ketones (excluding diaryl/α,β-unsaturated/α-hetero) is 1. The van der Waals surface area contributed by atoms with Crippen LogP contribution in [0.5, 0.6) is 0 Å². The van der Waals surface area contributed by atoms with E-state index < -0.39 is 29.5 Å². The molecule has 0 bridgehead atoms. The van der Waals surface area contributed by atoms with Crippen molar-refractivity contribution in [2.45, 2.75) is 37.3 Å². The van der Waals surface area contributed by atoms with Gasteiger partial charge < -0.3 is 19.8 Å². The maximum Gasteiger partial charge on any atom is 0.255 e. The second-order valence-corrected chi connectivity index (χ2v) is 8.14. The number of benzene rings is 1. The number of carbonyl (C=O) groups is 3. The molecule has 1 aliphatic heterocycles. The number of furan rings is 1. The maximum absolute atomic E-state index is 13.0. The Morgan fingerprint density at radius 3 is 2.66 bits per heavy atom. The molecule has 1 aromatic carbocycles. The van der Waals surface area contributed by atoms with Crippen LogP contribution in [0.1, 0.15) is 29.8 Å². The molecule has 0 radical (unpaired) electrons. The minimum atomic E-state index is -1.11. The molecule has 2 N–H and O–H groups in total. The number of ether oxygens (including phenoxy) is 1. The topological polar surface area (TPSA) is 97.6 Å². The lowest BCUT2D eigenvalue weighted by Crippen LogP contribution is -2.60. The Morgan fingerprint density at radius 2 is 2.03 bits per heavy atom. The number of carbonyl (C=O) groups excluding carboxylic acids is 3. The van der Waals surface area contributed by atoms with Gasteiger partial charge in [-0.3, -0.25) is 14.4 Å². The fourth-order valence-electron chi connectivity index (χ4n) is 2.95. The average molecular weight is 416 g/mol. The summed E-state index contributed by atoms with van der Waals surface area (Å²) in [5.41, 5.74) is 0.341. The van der Waals surface area contributed by atoms with E-state index in [0.717, 1.165) is 5.56 Å². The highest BCUT2D eigenvalue weighted by Crippen LogP contribution is 2.22. The van der Waals surface area contributed by atoms with Gasteiger partial charge in [-0.1, -0.05) is 30.3 Å². The normalized spacial score (nSPS) is 22.3. The first kappa shape index (κ1) is 21.1. The number of nitrogens with one attached hydrogen (secondary N) is 2. The Balaban J connectivity index is 1.68. The molecular formula is C21H24N2O5S. The number of rotatable bonds is 8. The lowest BCUT2D eigenvalue weighted by Gasteiger charge is -2.29. The van der Waals surface area contributed by atoms with E-state index in [1.807, 2.05) is 30.3 Å². The van der Waals surface area contributed by atoms with E-state index in [1.54, 1.807) is 13.8 Å². The van der Waals surface area contributed by atoms with Crippen LogP contribution in [-0.4, -0.2) is 47.6 Å². The zero-order chi connectivity index (χ0) is 20.9. The van der Waals surface area contributed by atoms with Crippen LogP contribution in [0.2, 0.25) is 0 Å². The van der Waals surface area contributed by atoms with Crippen molar-refractivity contribution < 1.29 is 23.5 Å². The number of amides is 2. The van der Waals surface area contributed by atoms with Crippen molar-refractivity contribution in [1.82, 2.24) is 10.6 Å². The predicted octanol–water partition coefficient (Wildman–Crippen LogP) is 2.17. The third-order valence-electron chi connectivity index (χ3n) is 5.04. The quantitative estimate of drug-likeness (QED) is 0.685. The summed E-state index contributed by atoms with van der Waals surface area (Å²) in [6.07, 6.45) is 2.27. The molecule has 8 heteroatoms. The number of hydrogen-bond acceptors (Lipinski definition) is 6. The van der Waals surface area contributed by atoms with E-state index in [-0.39, 0.29) is 12.4 Å². The highest BCUT2D eigenvalue weighted by molar-refractivity contribution is 7.98. The van der Waals surface area contributed by atoms with E-state index in [4.69, 9.17) is 9.15 Å². The molecule has 154 valence electrons. The monoisotopic (exact) mass is 416 g/mol. The molecule has 2 aromatic rings. The van der Waals surface area contributed by atoms with Gasteiger partial charge in [0.1, 0.15) is 24.5 Å². The lowest BCUT2D eigenvalue weighted by atomic mass is 9.93. The first-order valence-corrected chi connectivity index (χ1v) is 10.5. The molecule has 1 saturated heterocycles. The molecule has 1 aromatic heterocycles. The SMILES string of the molecule is C[C@H]1OCC(=O)[C@]1(C)NC(=O)[C@@H](CSCc1ccccc1)NC(=O)c1ccoc1. The Labute approximate surface area is 173 Å². The zero-order valence-corrected chi connectivity index (χ0v) is 17.2. The van der Waals surface area contributed by atoms with Gasteiger partial charge in [0.25, 0.3) is 5.91 Å². The van der Waals surface area contributed by atoms with Crippen molar-refractivity contribution >= 4 is 29.4 Å². The summed E-state index contributed by atoms with van der Waals surface area (Å²) in [5, 5.41) is 5.53. The van der Waals surface area contributed by atoms with Gasteiger partial charge in [0.15, 0.2) is 5.78 Å². The largest absolute Gasteiger partial charge is 0.472 e. The molecule has 3 atom stereocenters. The third-order valence-corrected chi connectivity index (χ3v) is 6.15. The maximum atomic E-state index is 13.0. The third kappa shape index (κ3) is 5.07. The summed E-state index contributed by atoms with van der Waals surface area (Å²) in [7, 11) is 0. The zero-order valence-electron chi connectivity index (χ0n) is 16.3. The van der Waals surface area contributed by atoms with Crippen LogP contribution >= 0.6 is 11.8 Å². The summed E-state index contributed by atoms with van der Waals surface area (Å²) in [5.74, 6) is 0.0309. The van der Waals surface area contributed by atoms with E-state index in [9.17, 15) is 14.4 Å². The summed E-state index contributed by atoms with van der Waals surface area (Å²) in [6.45, 7) is 3.36. The molecule has 2 heterocycles. The van der Waals surface area contributed by atoms with Gasteiger partial charge in [-0.2, -0.15) is 11.8 Å². The van der Waals surface area contributed by atoms with Crippen molar-refractivity contribution in [2.75, 3.05) is 12.4 Å². The van der Waals surface area contributed by atoms with E-state index in [1.165, 1.54) is 30.4 Å². The van der Waals surface area contributed by atoms with E-state index >= 15 is 0 Å². The molecule has 0 saturated carbocycles. The minimum absolute atomic E-state index is 0.0350. The number of thioether (sulfide) groups is 1. The molecule has 1 aliphatic rings. The van der Waals surface area contributed by atoms with Crippen molar-refractivity contribution in [3.8, 4) is 0 Å². The van der Waals surface area contributed by atoms with Crippen LogP contribution in [0.25, 0.3) is 0 Å². The van der Waals surface area contributed by atoms with Crippen LogP contribution in [-0.2, 0) is 20.1 Å². The van der Waals surface area contributed by atoms with Gasteiger partial charge in [0.05, 0.1) is 17.9 Å². The van der Waals surface area contributed by atoms with E-state index in [2.05, 4.69) is 10.6 Å². The average Bonchev–Trinajstić information content (AvgIpc) is 3.33.